The van der Waals surface area contributed by atoms with Crippen LogP contribution in [0, 0.1) is 0 Å². The number of hydrogen-bond donors (Lipinski definition) is 3. The number of nitrogens with one attached hydrogen (secondary N) is 2. The smallest absolute Gasteiger partial charge is 0.205 e. The summed E-state index contributed by atoms with van der Waals surface area (Å²) in [5, 5.41) is 7.34. The Bertz CT molecular complexity index is 337. The number of aromatic nitrogens is 2. The first kappa shape index (κ1) is 14.5. The van der Waals surface area contributed by atoms with Gasteiger partial charge in [-0.1, -0.05) is 0 Å². The third kappa shape index (κ3) is 5.65. The van der Waals surface area contributed by atoms with Crippen molar-refractivity contribution in [3.8, 4) is 0 Å². The first-order valence-electron chi connectivity index (χ1n) is 6.00. The van der Waals surface area contributed by atoms with Gasteiger partial charge in [-0.15, -0.1) is 0 Å². The van der Waals surface area contributed by atoms with Gasteiger partial charge in [-0.2, -0.15) is 5.10 Å². The van der Waals surface area contributed by atoms with Crippen molar-refractivity contribution in [3.05, 3.63) is 18.5 Å². The Balaban J connectivity index is 2.32. The number of methoxy groups -OCH3 is 1. The molecule has 4 N–H and O–H groups in total. The average Bonchev–Trinajstić information content (AvgIpc) is 2.85. The second kappa shape index (κ2) is 8.48. The minimum atomic E-state index is 0.183. The van der Waals surface area contributed by atoms with Gasteiger partial charge < -0.3 is 10.1 Å². The molecule has 0 aromatic carbocycles. The number of ether oxygens (including phenoxy) is 1. The van der Waals surface area contributed by atoms with Crippen LogP contribution in [0.1, 0.15) is 13.3 Å². The molecular formula is C11H22N6O. The molecule has 7 heteroatoms. The molecule has 7 nitrogen and oxygen atoms in total. The summed E-state index contributed by atoms with van der Waals surface area (Å²) in [6.07, 6.45) is 4.55. The van der Waals surface area contributed by atoms with Crippen molar-refractivity contribution in [2.75, 3.05) is 20.3 Å². The van der Waals surface area contributed by atoms with Gasteiger partial charge in [-0.05, 0) is 19.4 Å². The summed E-state index contributed by atoms with van der Waals surface area (Å²) in [6.45, 7) is 4.18. The molecule has 0 radical (unpaired) electrons. The third-order valence-corrected chi connectivity index (χ3v) is 2.32. The molecule has 0 aliphatic carbocycles. The van der Waals surface area contributed by atoms with Gasteiger partial charge in [0.1, 0.15) is 0 Å². The van der Waals surface area contributed by atoms with Crippen LogP contribution in [-0.4, -0.2) is 42.0 Å². The molecule has 0 amide bonds. The van der Waals surface area contributed by atoms with E-state index < -0.39 is 0 Å². The fraction of sp³-hybridized carbons (Fsp3) is 0.636. The van der Waals surface area contributed by atoms with Crippen molar-refractivity contribution in [2.45, 2.75) is 25.9 Å². The van der Waals surface area contributed by atoms with Gasteiger partial charge in [0.05, 0.1) is 6.54 Å². The maximum atomic E-state index is 5.41. The van der Waals surface area contributed by atoms with Gasteiger partial charge >= 0.3 is 0 Å². The lowest BCUT2D eigenvalue weighted by atomic mass is 10.3. The highest BCUT2D eigenvalue weighted by molar-refractivity contribution is 5.79. The second-order valence-corrected chi connectivity index (χ2v) is 3.99. The largest absolute Gasteiger partial charge is 0.385 e. The number of guanidine groups is 1. The van der Waals surface area contributed by atoms with Crippen LogP contribution in [0.15, 0.2) is 23.5 Å². The summed E-state index contributed by atoms with van der Waals surface area (Å²) in [4.78, 5) is 4.31. The monoisotopic (exact) mass is 254 g/mol. The predicted octanol–water partition coefficient (Wildman–Crippen LogP) is -0.283. The summed E-state index contributed by atoms with van der Waals surface area (Å²) >= 11 is 0. The highest BCUT2D eigenvalue weighted by Crippen LogP contribution is 1.91. The summed E-state index contributed by atoms with van der Waals surface area (Å²) in [6, 6.07) is 2.08. The summed E-state index contributed by atoms with van der Waals surface area (Å²) in [5.74, 6) is 6.00. The predicted molar refractivity (Wildman–Crippen MR) is 70.9 cm³/mol. The molecular weight excluding hydrogens is 232 g/mol. The quantitative estimate of drug-likeness (QED) is 0.205. The Hall–Kier alpha value is -1.60. The molecule has 0 bridgehead atoms. The summed E-state index contributed by atoms with van der Waals surface area (Å²) < 4.78 is 6.81. The molecule has 0 aliphatic rings. The van der Waals surface area contributed by atoms with Gasteiger partial charge in [0, 0.05) is 38.7 Å². The van der Waals surface area contributed by atoms with Crippen LogP contribution in [0.2, 0.25) is 0 Å². The molecule has 0 fully saturated rings. The van der Waals surface area contributed by atoms with E-state index >= 15 is 0 Å². The molecule has 0 saturated heterocycles. The van der Waals surface area contributed by atoms with Gasteiger partial charge in [-0.25, -0.2) is 5.84 Å². The molecule has 1 aromatic rings. The topological polar surface area (TPSA) is 89.5 Å². The maximum absolute atomic E-state index is 5.41. The molecule has 1 unspecified atom stereocenters. The number of rotatable bonds is 7. The number of hydrazine groups is 1. The Labute approximate surface area is 107 Å². The molecule has 0 aliphatic heterocycles. The van der Waals surface area contributed by atoms with E-state index in [4.69, 9.17) is 10.6 Å². The van der Waals surface area contributed by atoms with Gasteiger partial charge in [0.2, 0.25) is 5.96 Å². The Kier molecular flexibility index (Phi) is 6.82. The molecule has 0 saturated carbocycles. The van der Waals surface area contributed by atoms with Crippen molar-refractivity contribution < 1.29 is 4.74 Å². The van der Waals surface area contributed by atoms with Crippen LogP contribution < -0.4 is 16.6 Å². The zero-order valence-electron chi connectivity index (χ0n) is 11.0. The number of hydrogen-bond acceptors (Lipinski definition) is 4. The highest BCUT2D eigenvalue weighted by atomic mass is 16.5. The molecule has 1 aromatic heterocycles. The van der Waals surface area contributed by atoms with Crippen molar-refractivity contribution in [2.24, 2.45) is 10.8 Å². The Morgan fingerprint density at radius 1 is 1.61 bits per heavy atom. The summed E-state index contributed by atoms with van der Waals surface area (Å²) in [7, 11) is 1.68. The van der Waals surface area contributed by atoms with Crippen LogP contribution in [-0.2, 0) is 11.3 Å². The van der Waals surface area contributed by atoms with Crippen molar-refractivity contribution in [3.63, 3.8) is 0 Å². The van der Waals surface area contributed by atoms with Crippen molar-refractivity contribution >= 4 is 5.96 Å². The van der Waals surface area contributed by atoms with E-state index in [1.807, 2.05) is 23.9 Å². The number of nitrogens with two attached hydrogens (primary N) is 1. The average molecular weight is 254 g/mol. The summed E-state index contributed by atoms with van der Waals surface area (Å²) in [5.41, 5.74) is 2.56. The molecule has 0 spiro atoms. The van der Waals surface area contributed by atoms with E-state index in [9.17, 15) is 0 Å². The maximum Gasteiger partial charge on any atom is 0.205 e. The van der Waals surface area contributed by atoms with Crippen molar-refractivity contribution in [1.82, 2.24) is 20.5 Å². The zero-order valence-corrected chi connectivity index (χ0v) is 11.0. The Morgan fingerprint density at radius 3 is 3.06 bits per heavy atom. The highest BCUT2D eigenvalue weighted by Gasteiger charge is 2.05. The van der Waals surface area contributed by atoms with Crippen LogP contribution in [0.4, 0.5) is 0 Å². The minimum Gasteiger partial charge on any atom is -0.385 e. The van der Waals surface area contributed by atoms with E-state index in [1.165, 1.54) is 0 Å². The van der Waals surface area contributed by atoms with Crippen LogP contribution in [0.25, 0.3) is 0 Å². The van der Waals surface area contributed by atoms with E-state index in [0.29, 0.717) is 19.1 Å². The first-order chi connectivity index (χ1) is 8.76. The van der Waals surface area contributed by atoms with Crippen LogP contribution in [0.5, 0.6) is 0 Å². The zero-order chi connectivity index (χ0) is 13.2. The van der Waals surface area contributed by atoms with E-state index in [0.717, 1.165) is 13.0 Å². The molecule has 18 heavy (non-hydrogen) atoms. The van der Waals surface area contributed by atoms with Gasteiger partial charge in [-0.3, -0.25) is 15.1 Å². The second-order valence-electron chi connectivity index (χ2n) is 3.99. The molecule has 1 heterocycles. The number of nitrogens with zero attached hydrogens (tertiary/aromatic N) is 3. The van der Waals surface area contributed by atoms with Crippen LogP contribution >= 0.6 is 0 Å². The minimum absolute atomic E-state index is 0.183. The molecule has 1 rings (SSSR count). The molecule has 1 atom stereocenters. The lowest BCUT2D eigenvalue weighted by Crippen LogP contribution is -2.46. The fourth-order valence-electron chi connectivity index (χ4n) is 1.50. The number of aliphatic imine (C=N–C) groups is 1. The lowest BCUT2D eigenvalue weighted by molar-refractivity contribution is 0.197. The van der Waals surface area contributed by atoms with Gasteiger partial charge in [0.15, 0.2) is 0 Å². The Morgan fingerprint density at radius 2 is 2.44 bits per heavy atom. The van der Waals surface area contributed by atoms with Gasteiger partial charge in [0.25, 0.3) is 0 Å². The lowest BCUT2D eigenvalue weighted by Gasteiger charge is -2.16. The SMILES string of the molecule is COCCCN=C(NN)NC(C)Cn1cccn1. The fourth-order valence-corrected chi connectivity index (χ4v) is 1.50. The normalized spacial score (nSPS) is 13.4. The van der Waals surface area contributed by atoms with E-state index in [-0.39, 0.29) is 6.04 Å². The molecule has 102 valence electrons. The van der Waals surface area contributed by atoms with Crippen molar-refractivity contribution in [1.29, 1.82) is 0 Å². The third-order valence-electron chi connectivity index (χ3n) is 2.32. The van der Waals surface area contributed by atoms with Crippen LogP contribution in [0.3, 0.4) is 0 Å². The first-order valence-corrected chi connectivity index (χ1v) is 6.00. The van der Waals surface area contributed by atoms with E-state index in [1.54, 1.807) is 13.3 Å². The standard InChI is InChI=1S/C11H22N6O/c1-10(9-17-7-3-6-14-17)15-11(16-12)13-5-4-8-18-2/h3,6-7,10H,4-5,8-9,12H2,1-2H3,(H2,13,15,16). The van der Waals surface area contributed by atoms with E-state index in [2.05, 4.69) is 20.8 Å².